The summed E-state index contributed by atoms with van der Waals surface area (Å²) in [7, 11) is 0. The van der Waals surface area contributed by atoms with E-state index in [2.05, 4.69) is 0 Å². The predicted octanol–water partition coefficient (Wildman–Crippen LogP) is 4.77. The summed E-state index contributed by atoms with van der Waals surface area (Å²) in [6.45, 7) is 3.94. The van der Waals surface area contributed by atoms with Crippen molar-refractivity contribution in [1.82, 2.24) is 0 Å². The van der Waals surface area contributed by atoms with Crippen LogP contribution < -0.4 is 0 Å². The fourth-order valence-electron chi connectivity index (χ4n) is 2.60. The Kier molecular flexibility index (Phi) is 4.39. The first-order valence-corrected chi connectivity index (χ1v) is 7.87. The van der Waals surface area contributed by atoms with E-state index >= 15 is 0 Å². The van der Waals surface area contributed by atoms with E-state index in [1.165, 1.54) is 0 Å². The van der Waals surface area contributed by atoms with Gasteiger partial charge in [-0.2, -0.15) is 0 Å². The molecule has 0 spiro atoms. The molecule has 0 aliphatic rings. The molecule has 0 aliphatic carbocycles. The van der Waals surface area contributed by atoms with E-state index in [9.17, 15) is 9.59 Å². The molecule has 0 radical (unpaired) electrons. The Morgan fingerprint density at radius 1 is 0.542 bits per heavy atom. The topological polar surface area (TPSA) is 34.1 Å². The molecular weight excluding hydrogens is 296 g/mol. The van der Waals surface area contributed by atoms with Crippen molar-refractivity contribution in [2.75, 3.05) is 0 Å². The Hall–Kier alpha value is -3.00. The van der Waals surface area contributed by atoms with Crippen LogP contribution in [-0.4, -0.2) is 11.6 Å². The van der Waals surface area contributed by atoms with E-state index in [1.807, 2.05) is 56.3 Å². The summed E-state index contributed by atoms with van der Waals surface area (Å²) in [4.78, 5) is 25.0. The lowest BCUT2D eigenvalue weighted by molar-refractivity contribution is 0.102. The van der Waals surface area contributed by atoms with Gasteiger partial charge in [0.25, 0.3) is 0 Å². The Labute approximate surface area is 141 Å². The molecule has 0 N–H and O–H groups in total. The van der Waals surface area contributed by atoms with E-state index in [-0.39, 0.29) is 11.6 Å². The lowest BCUT2D eigenvalue weighted by Gasteiger charge is -2.05. The van der Waals surface area contributed by atoms with Gasteiger partial charge in [0.2, 0.25) is 0 Å². The van der Waals surface area contributed by atoms with Crippen molar-refractivity contribution >= 4 is 11.6 Å². The molecular formula is C22H18O2. The average molecular weight is 314 g/mol. The zero-order chi connectivity index (χ0) is 17.1. The largest absolute Gasteiger partial charge is 0.289 e. The molecule has 0 bridgehead atoms. The highest BCUT2D eigenvalue weighted by molar-refractivity contribution is 6.11. The number of benzene rings is 3. The van der Waals surface area contributed by atoms with Crippen LogP contribution in [0.1, 0.15) is 43.0 Å². The molecule has 118 valence electrons. The van der Waals surface area contributed by atoms with Gasteiger partial charge < -0.3 is 0 Å². The highest BCUT2D eigenvalue weighted by Gasteiger charge is 2.12. The molecule has 0 fully saturated rings. The van der Waals surface area contributed by atoms with Gasteiger partial charge in [0.1, 0.15) is 0 Å². The quantitative estimate of drug-likeness (QED) is 0.650. The fourth-order valence-corrected chi connectivity index (χ4v) is 2.60. The van der Waals surface area contributed by atoms with Gasteiger partial charge in [-0.15, -0.1) is 0 Å². The van der Waals surface area contributed by atoms with Crippen molar-refractivity contribution in [2.24, 2.45) is 0 Å². The van der Waals surface area contributed by atoms with Gasteiger partial charge in [0.05, 0.1) is 0 Å². The first-order valence-electron chi connectivity index (χ1n) is 7.87. The van der Waals surface area contributed by atoms with Crippen LogP contribution in [0.15, 0.2) is 72.8 Å². The van der Waals surface area contributed by atoms with Gasteiger partial charge in [-0.25, -0.2) is 0 Å². The van der Waals surface area contributed by atoms with Crippen LogP contribution in [0.3, 0.4) is 0 Å². The maximum absolute atomic E-state index is 12.5. The molecule has 0 unspecified atom stereocenters. The number of hydrogen-bond acceptors (Lipinski definition) is 2. The minimum atomic E-state index is -0.0374. The standard InChI is InChI=1S/C22H18O2/c1-15-6-8-17(9-7-15)21(23)18-10-12-19(13-11-18)22(24)20-5-3-4-16(2)14-20/h3-14H,1-2H3. The van der Waals surface area contributed by atoms with E-state index in [4.69, 9.17) is 0 Å². The van der Waals surface area contributed by atoms with Crippen LogP contribution in [0.4, 0.5) is 0 Å². The monoisotopic (exact) mass is 314 g/mol. The Morgan fingerprint density at radius 2 is 1.00 bits per heavy atom. The zero-order valence-electron chi connectivity index (χ0n) is 13.7. The third kappa shape index (κ3) is 3.33. The summed E-state index contributed by atoms with van der Waals surface area (Å²) < 4.78 is 0. The Morgan fingerprint density at radius 3 is 1.50 bits per heavy atom. The molecule has 0 aliphatic heterocycles. The zero-order valence-corrected chi connectivity index (χ0v) is 13.7. The Bertz CT molecular complexity index is 888. The molecule has 0 saturated carbocycles. The predicted molar refractivity (Wildman–Crippen MR) is 95.7 cm³/mol. The second-order valence-electron chi connectivity index (χ2n) is 5.97. The molecule has 3 rings (SSSR count). The van der Waals surface area contributed by atoms with Gasteiger partial charge in [-0.3, -0.25) is 9.59 Å². The molecule has 0 atom stereocenters. The maximum atomic E-state index is 12.5. The van der Waals surface area contributed by atoms with Gasteiger partial charge in [0, 0.05) is 22.3 Å². The van der Waals surface area contributed by atoms with Crippen molar-refractivity contribution in [3.63, 3.8) is 0 Å². The average Bonchev–Trinajstić information content (AvgIpc) is 2.61. The molecule has 3 aromatic rings. The summed E-state index contributed by atoms with van der Waals surface area (Å²) in [6.07, 6.45) is 0. The van der Waals surface area contributed by atoms with Crippen LogP contribution in [-0.2, 0) is 0 Å². The van der Waals surface area contributed by atoms with Crippen molar-refractivity contribution in [1.29, 1.82) is 0 Å². The van der Waals surface area contributed by atoms with Crippen molar-refractivity contribution in [3.05, 3.63) is 106 Å². The molecule has 0 amide bonds. The van der Waals surface area contributed by atoms with E-state index in [0.29, 0.717) is 22.3 Å². The lowest BCUT2D eigenvalue weighted by Crippen LogP contribution is -2.04. The van der Waals surface area contributed by atoms with Crippen molar-refractivity contribution in [2.45, 2.75) is 13.8 Å². The van der Waals surface area contributed by atoms with Crippen LogP contribution in [0.2, 0.25) is 0 Å². The summed E-state index contributed by atoms with van der Waals surface area (Å²) in [5, 5.41) is 0. The molecule has 0 heterocycles. The van der Waals surface area contributed by atoms with Gasteiger partial charge in [0.15, 0.2) is 11.6 Å². The van der Waals surface area contributed by atoms with Gasteiger partial charge in [-0.05, 0) is 19.9 Å². The lowest BCUT2D eigenvalue weighted by atomic mass is 9.98. The van der Waals surface area contributed by atoms with E-state index in [1.54, 1.807) is 30.3 Å². The van der Waals surface area contributed by atoms with E-state index in [0.717, 1.165) is 11.1 Å². The second kappa shape index (κ2) is 6.63. The molecule has 2 heteroatoms. The highest BCUT2D eigenvalue weighted by atomic mass is 16.1. The molecule has 2 nitrogen and oxygen atoms in total. The van der Waals surface area contributed by atoms with Gasteiger partial charge in [-0.1, -0.05) is 77.9 Å². The summed E-state index contributed by atoms with van der Waals surface area (Å²) in [5.74, 6) is -0.0717. The minimum absolute atomic E-state index is 0.0342. The fraction of sp³-hybridized carbons (Fsp3) is 0.0909. The summed E-state index contributed by atoms with van der Waals surface area (Å²) in [5.41, 5.74) is 4.64. The molecule has 3 aromatic carbocycles. The SMILES string of the molecule is Cc1ccc(C(=O)c2ccc(C(=O)c3cccc(C)c3)cc2)cc1. The van der Waals surface area contributed by atoms with Crippen LogP contribution in [0.25, 0.3) is 0 Å². The molecule has 0 saturated heterocycles. The van der Waals surface area contributed by atoms with Crippen LogP contribution in [0.5, 0.6) is 0 Å². The third-order valence-electron chi connectivity index (χ3n) is 4.00. The summed E-state index contributed by atoms with van der Waals surface area (Å²) >= 11 is 0. The minimum Gasteiger partial charge on any atom is -0.289 e. The number of rotatable bonds is 4. The van der Waals surface area contributed by atoms with Crippen LogP contribution in [0, 0.1) is 13.8 Å². The number of ketones is 2. The third-order valence-corrected chi connectivity index (χ3v) is 4.00. The van der Waals surface area contributed by atoms with E-state index < -0.39 is 0 Å². The molecule has 0 aromatic heterocycles. The number of aryl methyl sites for hydroxylation is 2. The highest BCUT2D eigenvalue weighted by Crippen LogP contribution is 2.15. The van der Waals surface area contributed by atoms with Crippen molar-refractivity contribution in [3.8, 4) is 0 Å². The first-order chi connectivity index (χ1) is 11.5. The number of carbonyl (C=O) groups is 2. The normalized spacial score (nSPS) is 10.4. The Balaban J connectivity index is 1.84. The summed E-state index contributed by atoms with van der Waals surface area (Å²) in [6, 6.07) is 21.8. The second-order valence-corrected chi connectivity index (χ2v) is 5.97. The van der Waals surface area contributed by atoms with Crippen molar-refractivity contribution < 1.29 is 9.59 Å². The first kappa shape index (κ1) is 15.9. The number of hydrogen-bond donors (Lipinski definition) is 0. The smallest absolute Gasteiger partial charge is 0.193 e. The maximum Gasteiger partial charge on any atom is 0.193 e. The van der Waals surface area contributed by atoms with Gasteiger partial charge >= 0.3 is 0 Å². The molecule has 24 heavy (non-hydrogen) atoms. The van der Waals surface area contributed by atoms with Crippen LogP contribution >= 0.6 is 0 Å². The number of carbonyl (C=O) groups excluding carboxylic acids is 2.